The van der Waals surface area contributed by atoms with E-state index in [2.05, 4.69) is 12.2 Å². The van der Waals surface area contributed by atoms with Gasteiger partial charge in [-0.05, 0) is 110 Å². The number of fused-ring (bicyclic) bond motifs is 6. The van der Waals surface area contributed by atoms with Gasteiger partial charge in [0.2, 0.25) is 0 Å². The Balaban J connectivity index is 1.48. The number of allylic oxidation sites excluding steroid dienone is 2. The maximum Gasteiger partial charge on any atom is -0.0194 e. The molecule has 0 heterocycles. The second kappa shape index (κ2) is 2.95. The van der Waals surface area contributed by atoms with Crippen LogP contribution in [0.25, 0.3) is 0 Å². The van der Waals surface area contributed by atoms with Crippen LogP contribution in [0.3, 0.4) is 0 Å². The van der Waals surface area contributed by atoms with Crippen LogP contribution in [0.15, 0.2) is 12.2 Å². The number of hydrogen-bond donors (Lipinski definition) is 0. The first-order valence-corrected chi connectivity index (χ1v) is 9.54. The van der Waals surface area contributed by atoms with Crippen LogP contribution in [-0.2, 0) is 0 Å². The molecule has 7 rings (SSSR count). The van der Waals surface area contributed by atoms with Crippen molar-refractivity contribution < 1.29 is 0 Å². The molecule has 1 spiro atoms. The molecule has 11 unspecified atom stereocenters. The van der Waals surface area contributed by atoms with Gasteiger partial charge < -0.3 is 0 Å². The maximum atomic E-state index is 2.70. The van der Waals surface area contributed by atoms with Gasteiger partial charge in [-0.15, -0.1) is 0 Å². The molecule has 0 saturated heterocycles. The van der Waals surface area contributed by atoms with Crippen LogP contribution in [-0.4, -0.2) is 0 Å². The predicted octanol–water partition coefficient (Wildman–Crippen LogP) is 4.52. The molecule has 0 heteroatoms. The van der Waals surface area contributed by atoms with Crippen LogP contribution in [0.5, 0.6) is 0 Å². The fraction of sp³-hybridized carbons (Fsp3) is 0.900. The van der Waals surface area contributed by atoms with E-state index in [-0.39, 0.29) is 0 Å². The van der Waals surface area contributed by atoms with E-state index in [9.17, 15) is 0 Å². The highest BCUT2D eigenvalue weighted by molar-refractivity contribution is 5.28. The zero-order valence-electron chi connectivity index (χ0n) is 12.4. The van der Waals surface area contributed by atoms with Crippen molar-refractivity contribution in [2.24, 2.45) is 64.6 Å². The van der Waals surface area contributed by atoms with Gasteiger partial charge in [-0.2, -0.15) is 0 Å². The topological polar surface area (TPSA) is 0 Å². The normalized spacial score (nSPS) is 73.6. The first kappa shape index (κ1) is 10.5. The van der Waals surface area contributed by atoms with Crippen molar-refractivity contribution in [3.8, 4) is 0 Å². The molecular weight excluding hydrogens is 240 g/mol. The second-order valence-corrected chi connectivity index (χ2v) is 9.76. The second-order valence-electron chi connectivity index (χ2n) is 9.76. The summed E-state index contributed by atoms with van der Waals surface area (Å²) in [6.45, 7) is 0. The Labute approximate surface area is 122 Å². The summed E-state index contributed by atoms with van der Waals surface area (Å²) in [5.74, 6) is 11.6. The van der Waals surface area contributed by atoms with Gasteiger partial charge in [-0.25, -0.2) is 0 Å². The van der Waals surface area contributed by atoms with Crippen molar-refractivity contribution >= 4 is 0 Å². The molecule has 106 valence electrons. The van der Waals surface area contributed by atoms with Crippen LogP contribution < -0.4 is 0 Å². The van der Waals surface area contributed by atoms with Crippen molar-refractivity contribution in [3.63, 3.8) is 0 Å². The molecule has 0 aromatic rings. The summed E-state index contributed by atoms with van der Waals surface area (Å²) in [4.78, 5) is 0. The summed E-state index contributed by atoms with van der Waals surface area (Å²) in [5, 5.41) is 0. The maximum absolute atomic E-state index is 2.70. The Morgan fingerprint density at radius 3 is 2.90 bits per heavy atom. The van der Waals surface area contributed by atoms with Gasteiger partial charge in [0.1, 0.15) is 0 Å². The fourth-order valence-corrected chi connectivity index (χ4v) is 10.3. The third-order valence-corrected chi connectivity index (χ3v) is 10.0. The summed E-state index contributed by atoms with van der Waals surface area (Å²) >= 11 is 0. The van der Waals surface area contributed by atoms with Crippen LogP contribution >= 0.6 is 0 Å². The summed E-state index contributed by atoms with van der Waals surface area (Å²) < 4.78 is 0. The zero-order valence-corrected chi connectivity index (χ0v) is 12.4. The Morgan fingerprint density at radius 1 is 0.900 bits per heavy atom. The molecule has 0 aromatic heterocycles. The predicted molar refractivity (Wildman–Crippen MR) is 78.8 cm³/mol. The molecule has 0 N–H and O–H groups in total. The van der Waals surface area contributed by atoms with Crippen molar-refractivity contribution in [2.75, 3.05) is 0 Å². The van der Waals surface area contributed by atoms with Crippen LogP contribution in [0, 0.1) is 64.6 Å². The quantitative estimate of drug-likeness (QED) is 0.566. The highest BCUT2D eigenvalue weighted by Gasteiger charge is 2.78. The summed E-state index contributed by atoms with van der Waals surface area (Å²) in [6, 6.07) is 0. The lowest BCUT2D eigenvalue weighted by molar-refractivity contribution is -0.0993. The Bertz CT molecular complexity index is 532. The molecule has 20 heavy (non-hydrogen) atoms. The lowest BCUT2D eigenvalue weighted by Crippen LogP contribution is -2.53. The highest BCUT2D eigenvalue weighted by Crippen LogP contribution is 2.84. The minimum atomic E-state index is 0.881. The van der Waals surface area contributed by atoms with E-state index in [0.717, 1.165) is 23.2 Å². The van der Waals surface area contributed by atoms with Crippen LogP contribution in [0.2, 0.25) is 0 Å². The molecule has 6 fully saturated rings. The Hall–Kier alpha value is -0.260. The third kappa shape index (κ3) is 0.823. The van der Waals surface area contributed by atoms with E-state index in [1.807, 2.05) is 0 Å². The van der Waals surface area contributed by atoms with Gasteiger partial charge in [0.25, 0.3) is 0 Å². The van der Waals surface area contributed by atoms with E-state index >= 15 is 0 Å². The van der Waals surface area contributed by atoms with E-state index in [1.165, 1.54) is 47.8 Å². The number of rotatable bonds is 0. The molecule has 7 aliphatic rings. The molecule has 0 nitrogen and oxygen atoms in total. The van der Waals surface area contributed by atoms with E-state index in [4.69, 9.17) is 0 Å². The van der Waals surface area contributed by atoms with Gasteiger partial charge in [-0.3, -0.25) is 0 Å². The van der Waals surface area contributed by atoms with Crippen molar-refractivity contribution in [3.05, 3.63) is 12.2 Å². The molecule has 6 saturated carbocycles. The standard InChI is InChI=1S/C20H26/c1-2-10-7-14-15-8-16-18(14)17(10)12(3-1)9-20(16)13-5-4-11(6-13)19(15)20/h1,3,10-19H,2,4-9H2. The van der Waals surface area contributed by atoms with Gasteiger partial charge in [0, 0.05) is 0 Å². The number of hydrogen-bond acceptors (Lipinski definition) is 0. The zero-order chi connectivity index (χ0) is 12.6. The summed E-state index contributed by atoms with van der Waals surface area (Å²) in [5.41, 5.74) is 0.881. The molecule has 7 aliphatic carbocycles. The van der Waals surface area contributed by atoms with E-state index in [0.29, 0.717) is 0 Å². The molecule has 0 radical (unpaired) electrons. The lowest BCUT2D eigenvalue weighted by atomic mass is 9.46. The SMILES string of the molecule is C1=CC2CC34C5CCC(C5)C3C3CC4C4C3CC(C1)C24. The van der Waals surface area contributed by atoms with E-state index < -0.39 is 0 Å². The molecule has 11 atom stereocenters. The summed E-state index contributed by atoms with van der Waals surface area (Å²) in [7, 11) is 0. The van der Waals surface area contributed by atoms with Gasteiger partial charge in [0.15, 0.2) is 0 Å². The lowest BCUT2D eigenvalue weighted by Gasteiger charge is -2.58. The molecule has 0 amide bonds. The molecule has 0 aromatic carbocycles. The monoisotopic (exact) mass is 266 g/mol. The minimum Gasteiger partial charge on any atom is -0.0880 e. The fourth-order valence-electron chi connectivity index (χ4n) is 10.3. The van der Waals surface area contributed by atoms with Crippen LogP contribution in [0.4, 0.5) is 0 Å². The summed E-state index contributed by atoms with van der Waals surface area (Å²) in [6.07, 6.45) is 16.6. The first-order valence-electron chi connectivity index (χ1n) is 9.54. The molecular formula is C20H26. The minimum absolute atomic E-state index is 0.881. The van der Waals surface area contributed by atoms with E-state index in [1.54, 1.807) is 38.5 Å². The Kier molecular flexibility index (Phi) is 1.54. The van der Waals surface area contributed by atoms with Gasteiger partial charge in [-0.1, -0.05) is 12.2 Å². The first-order chi connectivity index (χ1) is 9.88. The smallest absolute Gasteiger partial charge is 0.0194 e. The third-order valence-electron chi connectivity index (χ3n) is 10.0. The average molecular weight is 266 g/mol. The van der Waals surface area contributed by atoms with Crippen molar-refractivity contribution in [1.82, 2.24) is 0 Å². The van der Waals surface area contributed by atoms with Crippen molar-refractivity contribution in [2.45, 2.75) is 44.9 Å². The largest absolute Gasteiger partial charge is 0.0880 e. The van der Waals surface area contributed by atoms with Crippen LogP contribution in [0.1, 0.15) is 44.9 Å². The Morgan fingerprint density at radius 2 is 1.90 bits per heavy atom. The van der Waals surface area contributed by atoms with Crippen molar-refractivity contribution in [1.29, 1.82) is 0 Å². The molecule has 4 bridgehead atoms. The van der Waals surface area contributed by atoms with Gasteiger partial charge >= 0.3 is 0 Å². The molecule has 0 aliphatic heterocycles. The van der Waals surface area contributed by atoms with Gasteiger partial charge in [0.05, 0.1) is 0 Å². The highest BCUT2D eigenvalue weighted by atomic mass is 14.8. The average Bonchev–Trinajstić information content (AvgIpc) is 3.20.